The monoisotopic (exact) mass is 187 g/mol. The van der Waals surface area contributed by atoms with E-state index in [1.165, 1.54) is 0 Å². The Hall–Kier alpha value is -0.610. The SMILES string of the molecule is O=C(CCCCO)N1CCC(O)C1. The van der Waals surface area contributed by atoms with E-state index in [-0.39, 0.29) is 18.6 Å². The highest BCUT2D eigenvalue weighted by Crippen LogP contribution is 2.11. The van der Waals surface area contributed by atoms with Gasteiger partial charge >= 0.3 is 0 Å². The van der Waals surface area contributed by atoms with Gasteiger partial charge in [0.2, 0.25) is 5.91 Å². The molecule has 0 aromatic carbocycles. The van der Waals surface area contributed by atoms with Gasteiger partial charge in [0.1, 0.15) is 0 Å². The number of carbonyl (C=O) groups is 1. The molecule has 0 aromatic heterocycles. The number of hydrogen-bond donors (Lipinski definition) is 2. The van der Waals surface area contributed by atoms with E-state index in [1.807, 2.05) is 0 Å². The zero-order valence-electron chi connectivity index (χ0n) is 7.78. The van der Waals surface area contributed by atoms with Crippen LogP contribution < -0.4 is 0 Å². The number of aliphatic hydroxyl groups is 2. The number of hydrogen-bond acceptors (Lipinski definition) is 3. The van der Waals surface area contributed by atoms with Crippen molar-refractivity contribution in [2.24, 2.45) is 0 Å². The van der Waals surface area contributed by atoms with Crippen molar-refractivity contribution >= 4 is 5.91 Å². The molecule has 1 amide bonds. The maximum Gasteiger partial charge on any atom is 0.222 e. The third kappa shape index (κ3) is 3.32. The quantitative estimate of drug-likeness (QED) is 0.596. The lowest BCUT2D eigenvalue weighted by molar-refractivity contribution is -0.130. The van der Waals surface area contributed by atoms with E-state index < -0.39 is 0 Å². The van der Waals surface area contributed by atoms with Gasteiger partial charge in [0.25, 0.3) is 0 Å². The fraction of sp³-hybridized carbons (Fsp3) is 0.889. The molecule has 0 bridgehead atoms. The normalized spacial score (nSPS) is 22.3. The number of nitrogens with zero attached hydrogens (tertiary/aromatic N) is 1. The van der Waals surface area contributed by atoms with E-state index in [4.69, 9.17) is 5.11 Å². The highest BCUT2D eigenvalue weighted by molar-refractivity contribution is 5.76. The molecule has 1 unspecified atom stereocenters. The van der Waals surface area contributed by atoms with Crippen molar-refractivity contribution in [3.8, 4) is 0 Å². The predicted octanol–water partition coefficient (Wildman–Crippen LogP) is -0.258. The summed E-state index contributed by atoms with van der Waals surface area (Å²) in [4.78, 5) is 13.1. The van der Waals surface area contributed by atoms with E-state index in [2.05, 4.69) is 0 Å². The van der Waals surface area contributed by atoms with Gasteiger partial charge in [-0.2, -0.15) is 0 Å². The Bertz CT molecular complexity index is 172. The number of rotatable bonds is 4. The largest absolute Gasteiger partial charge is 0.396 e. The van der Waals surface area contributed by atoms with Crippen LogP contribution in [0.4, 0.5) is 0 Å². The minimum atomic E-state index is -0.332. The summed E-state index contributed by atoms with van der Waals surface area (Å²) in [5.74, 6) is 0.102. The number of likely N-dealkylation sites (tertiary alicyclic amines) is 1. The van der Waals surface area contributed by atoms with Crippen LogP contribution in [0.25, 0.3) is 0 Å². The lowest BCUT2D eigenvalue weighted by atomic mass is 10.2. The highest BCUT2D eigenvalue weighted by atomic mass is 16.3. The summed E-state index contributed by atoms with van der Waals surface area (Å²) >= 11 is 0. The molecule has 0 radical (unpaired) electrons. The summed E-state index contributed by atoms with van der Waals surface area (Å²) in [6.45, 7) is 1.31. The standard InChI is InChI=1S/C9H17NO3/c11-6-2-1-3-9(13)10-5-4-8(12)7-10/h8,11-12H,1-7H2. The van der Waals surface area contributed by atoms with Crippen LogP contribution in [0, 0.1) is 0 Å². The van der Waals surface area contributed by atoms with Crippen LogP contribution in [-0.4, -0.2) is 46.8 Å². The average molecular weight is 187 g/mol. The molecule has 0 aliphatic carbocycles. The first-order valence-electron chi connectivity index (χ1n) is 4.80. The maximum absolute atomic E-state index is 11.4. The van der Waals surface area contributed by atoms with E-state index in [0.717, 1.165) is 6.42 Å². The fourth-order valence-corrected chi connectivity index (χ4v) is 1.51. The molecule has 13 heavy (non-hydrogen) atoms. The molecule has 1 fully saturated rings. The summed E-state index contributed by atoms with van der Waals surface area (Å²) in [6, 6.07) is 0. The van der Waals surface area contributed by atoms with Crippen LogP contribution in [0.2, 0.25) is 0 Å². The van der Waals surface area contributed by atoms with Gasteiger partial charge in [-0.05, 0) is 19.3 Å². The van der Waals surface area contributed by atoms with Crippen molar-refractivity contribution in [1.82, 2.24) is 4.90 Å². The molecule has 76 valence electrons. The number of aliphatic hydroxyl groups excluding tert-OH is 2. The Labute approximate surface area is 78.2 Å². The number of unbranched alkanes of at least 4 members (excludes halogenated alkanes) is 1. The third-order valence-electron chi connectivity index (χ3n) is 2.31. The zero-order chi connectivity index (χ0) is 9.68. The van der Waals surface area contributed by atoms with Crippen LogP contribution >= 0.6 is 0 Å². The lowest BCUT2D eigenvalue weighted by Gasteiger charge is -2.14. The second kappa shape index (κ2) is 5.19. The van der Waals surface area contributed by atoms with Gasteiger partial charge in [-0.3, -0.25) is 4.79 Å². The van der Waals surface area contributed by atoms with Crippen molar-refractivity contribution in [1.29, 1.82) is 0 Å². The van der Waals surface area contributed by atoms with Crippen LogP contribution in [0.3, 0.4) is 0 Å². The zero-order valence-corrected chi connectivity index (χ0v) is 7.78. The first-order chi connectivity index (χ1) is 6.24. The molecule has 4 nitrogen and oxygen atoms in total. The molecule has 0 saturated carbocycles. The first kappa shape index (κ1) is 10.5. The number of β-amino-alcohol motifs (C(OH)–C–C–N with tert-alkyl or cyclic N) is 1. The van der Waals surface area contributed by atoms with Crippen molar-refractivity contribution in [3.63, 3.8) is 0 Å². The van der Waals surface area contributed by atoms with Gasteiger partial charge in [0.05, 0.1) is 6.10 Å². The smallest absolute Gasteiger partial charge is 0.222 e. The van der Waals surface area contributed by atoms with Gasteiger partial charge in [0.15, 0.2) is 0 Å². The second-order valence-corrected chi connectivity index (χ2v) is 3.46. The molecule has 1 heterocycles. The molecule has 1 aliphatic rings. The number of carbonyl (C=O) groups excluding carboxylic acids is 1. The fourth-order valence-electron chi connectivity index (χ4n) is 1.51. The van der Waals surface area contributed by atoms with Crippen LogP contribution in [0.1, 0.15) is 25.7 Å². The molecule has 4 heteroatoms. The minimum absolute atomic E-state index is 0.102. The van der Waals surface area contributed by atoms with Crippen molar-refractivity contribution in [3.05, 3.63) is 0 Å². The molecule has 1 aliphatic heterocycles. The maximum atomic E-state index is 11.4. The molecular weight excluding hydrogens is 170 g/mol. The van der Waals surface area contributed by atoms with Gasteiger partial charge in [-0.1, -0.05) is 0 Å². The molecular formula is C9H17NO3. The van der Waals surface area contributed by atoms with E-state index in [0.29, 0.717) is 32.4 Å². The van der Waals surface area contributed by atoms with Gasteiger partial charge < -0.3 is 15.1 Å². The van der Waals surface area contributed by atoms with E-state index >= 15 is 0 Å². The molecule has 1 saturated heterocycles. The molecule has 1 atom stereocenters. The Balaban J connectivity index is 2.16. The summed E-state index contributed by atoms with van der Waals surface area (Å²) in [5, 5.41) is 17.7. The number of amides is 1. The summed E-state index contributed by atoms with van der Waals surface area (Å²) < 4.78 is 0. The second-order valence-electron chi connectivity index (χ2n) is 3.46. The minimum Gasteiger partial charge on any atom is -0.396 e. The third-order valence-corrected chi connectivity index (χ3v) is 2.31. The first-order valence-corrected chi connectivity index (χ1v) is 4.80. The summed E-state index contributed by atoms with van der Waals surface area (Å²) in [7, 11) is 0. The summed E-state index contributed by atoms with van der Waals surface area (Å²) in [5.41, 5.74) is 0. The molecule has 0 spiro atoms. The highest BCUT2D eigenvalue weighted by Gasteiger charge is 2.23. The lowest BCUT2D eigenvalue weighted by Crippen LogP contribution is -2.29. The topological polar surface area (TPSA) is 60.8 Å². The van der Waals surface area contributed by atoms with Gasteiger partial charge in [0, 0.05) is 26.1 Å². The Morgan fingerprint density at radius 2 is 2.23 bits per heavy atom. The Kier molecular flexibility index (Phi) is 4.18. The Morgan fingerprint density at radius 3 is 2.77 bits per heavy atom. The predicted molar refractivity (Wildman–Crippen MR) is 48.1 cm³/mol. The van der Waals surface area contributed by atoms with Gasteiger partial charge in [-0.15, -0.1) is 0 Å². The molecule has 2 N–H and O–H groups in total. The van der Waals surface area contributed by atoms with Crippen LogP contribution in [0.15, 0.2) is 0 Å². The van der Waals surface area contributed by atoms with Crippen molar-refractivity contribution in [2.75, 3.05) is 19.7 Å². The Morgan fingerprint density at radius 1 is 1.46 bits per heavy atom. The van der Waals surface area contributed by atoms with Crippen molar-refractivity contribution in [2.45, 2.75) is 31.8 Å². The van der Waals surface area contributed by atoms with Crippen LogP contribution in [-0.2, 0) is 4.79 Å². The van der Waals surface area contributed by atoms with E-state index in [1.54, 1.807) is 4.90 Å². The molecule has 1 rings (SSSR count). The van der Waals surface area contributed by atoms with Crippen LogP contribution in [0.5, 0.6) is 0 Å². The van der Waals surface area contributed by atoms with Crippen molar-refractivity contribution < 1.29 is 15.0 Å². The van der Waals surface area contributed by atoms with Gasteiger partial charge in [-0.25, -0.2) is 0 Å². The average Bonchev–Trinajstić information content (AvgIpc) is 2.52. The molecule has 0 aromatic rings. The van der Waals surface area contributed by atoms with E-state index in [9.17, 15) is 9.90 Å². The summed E-state index contributed by atoms with van der Waals surface area (Å²) in [6.07, 6.45) is 2.28.